The third kappa shape index (κ3) is 2.01. The Hall–Kier alpha value is -2.11. The van der Waals surface area contributed by atoms with E-state index in [1.54, 1.807) is 0 Å². The van der Waals surface area contributed by atoms with Crippen LogP contribution >= 0.6 is 0 Å². The minimum absolute atomic E-state index is 0.0257. The molecule has 1 saturated carbocycles. The molecule has 1 aliphatic carbocycles. The van der Waals surface area contributed by atoms with Crippen molar-refractivity contribution in [2.75, 3.05) is 0 Å². The fourth-order valence-corrected chi connectivity index (χ4v) is 3.12. The molecule has 2 unspecified atom stereocenters. The third-order valence-corrected chi connectivity index (χ3v) is 4.12. The van der Waals surface area contributed by atoms with Crippen molar-refractivity contribution in [1.29, 1.82) is 0 Å². The predicted molar refractivity (Wildman–Crippen MR) is 66.7 cm³/mol. The van der Waals surface area contributed by atoms with Crippen molar-refractivity contribution in [2.45, 2.75) is 32.2 Å². The number of carboxylic acids is 1. The van der Waals surface area contributed by atoms with E-state index in [2.05, 4.69) is 0 Å². The molecule has 1 aromatic heterocycles. The minimum atomic E-state index is -1.16. The second-order valence-corrected chi connectivity index (χ2v) is 5.33. The Labute approximate surface area is 115 Å². The van der Waals surface area contributed by atoms with Crippen LogP contribution in [0.4, 0.5) is 0 Å². The molecule has 0 radical (unpaired) electrons. The highest BCUT2D eigenvalue weighted by Crippen LogP contribution is 2.38. The Morgan fingerprint density at radius 3 is 2.30 bits per heavy atom. The lowest BCUT2D eigenvalue weighted by Crippen LogP contribution is -2.30. The molecule has 1 N–H and O–H groups in total. The van der Waals surface area contributed by atoms with Gasteiger partial charge in [0.25, 0.3) is 0 Å². The van der Waals surface area contributed by atoms with Crippen LogP contribution in [0, 0.1) is 11.8 Å². The summed E-state index contributed by atoms with van der Waals surface area (Å²) in [5, 5.41) is 8.79. The summed E-state index contributed by atoms with van der Waals surface area (Å²) in [4.78, 5) is 36.4. The molecule has 2 aliphatic rings. The molecule has 2 heterocycles. The number of carbonyl (C=O) groups excluding carboxylic acids is 2. The number of carboxylic acid groups (broad SMARTS) is 1. The summed E-state index contributed by atoms with van der Waals surface area (Å²) >= 11 is 0. The van der Waals surface area contributed by atoms with Crippen molar-refractivity contribution >= 4 is 17.8 Å². The van der Waals surface area contributed by atoms with E-state index >= 15 is 0 Å². The van der Waals surface area contributed by atoms with Crippen LogP contribution in [0.15, 0.2) is 16.5 Å². The van der Waals surface area contributed by atoms with E-state index < -0.39 is 5.97 Å². The van der Waals surface area contributed by atoms with E-state index in [0.29, 0.717) is 5.76 Å². The molecule has 2 atom stereocenters. The van der Waals surface area contributed by atoms with Crippen LogP contribution < -0.4 is 0 Å². The van der Waals surface area contributed by atoms with Gasteiger partial charge < -0.3 is 9.52 Å². The number of aromatic carboxylic acids is 1. The number of amides is 2. The van der Waals surface area contributed by atoms with E-state index in [-0.39, 0.29) is 36.0 Å². The molecule has 0 bridgehead atoms. The highest BCUT2D eigenvalue weighted by Gasteiger charge is 2.48. The SMILES string of the molecule is O=C(O)c1ccc(CN2C(=O)C3CCCCC3C2=O)o1. The highest BCUT2D eigenvalue weighted by atomic mass is 16.4. The number of hydrogen-bond acceptors (Lipinski definition) is 4. The van der Waals surface area contributed by atoms with Gasteiger partial charge in [0, 0.05) is 0 Å². The van der Waals surface area contributed by atoms with Gasteiger partial charge in [-0.3, -0.25) is 14.5 Å². The van der Waals surface area contributed by atoms with Gasteiger partial charge in [-0.15, -0.1) is 0 Å². The van der Waals surface area contributed by atoms with Crippen molar-refractivity contribution in [3.8, 4) is 0 Å². The average molecular weight is 277 g/mol. The zero-order chi connectivity index (χ0) is 14.3. The monoisotopic (exact) mass is 277 g/mol. The summed E-state index contributed by atoms with van der Waals surface area (Å²) in [5.74, 6) is -1.69. The Balaban J connectivity index is 1.78. The zero-order valence-corrected chi connectivity index (χ0v) is 10.9. The average Bonchev–Trinajstić information content (AvgIpc) is 3.00. The first-order chi connectivity index (χ1) is 9.58. The van der Waals surface area contributed by atoms with Crippen LogP contribution in [0.25, 0.3) is 0 Å². The number of furan rings is 1. The summed E-state index contributed by atoms with van der Waals surface area (Å²) in [5.41, 5.74) is 0. The molecule has 1 aliphatic heterocycles. The summed E-state index contributed by atoms with van der Waals surface area (Å²) < 4.78 is 5.11. The van der Waals surface area contributed by atoms with Crippen LogP contribution in [0.2, 0.25) is 0 Å². The number of fused-ring (bicyclic) bond motifs is 1. The van der Waals surface area contributed by atoms with E-state index in [1.807, 2.05) is 0 Å². The Morgan fingerprint density at radius 1 is 1.20 bits per heavy atom. The standard InChI is InChI=1S/C14H15NO5/c16-12-9-3-1-2-4-10(9)13(17)15(12)7-8-5-6-11(20-8)14(18)19/h5-6,9-10H,1-4,7H2,(H,18,19). The quantitative estimate of drug-likeness (QED) is 0.849. The minimum Gasteiger partial charge on any atom is -0.475 e. The van der Waals surface area contributed by atoms with Crippen molar-refractivity contribution in [3.05, 3.63) is 23.7 Å². The van der Waals surface area contributed by atoms with E-state index in [9.17, 15) is 14.4 Å². The smallest absolute Gasteiger partial charge is 0.371 e. The first-order valence-corrected chi connectivity index (χ1v) is 6.75. The molecule has 0 spiro atoms. The number of nitrogens with zero attached hydrogens (tertiary/aromatic N) is 1. The molecule has 6 nitrogen and oxygen atoms in total. The first kappa shape index (κ1) is 12.9. The van der Waals surface area contributed by atoms with Gasteiger partial charge in [-0.25, -0.2) is 4.79 Å². The number of likely N-dealkylation sites (tertiary alicyclic amines) is 1. The van der Waals surface area contributed by atoms with Gasteiger partial charge in [0.15, 0.2) is 0 Å². The number of rotatable bonds is 3. The molecule has 2 amide bonds. The van der Waals surface area contributed by atoms with Crippen molar-refractivity contribution in [1.82, 2.24) is 4.90 Å². The van der Waals surface area contributed by atoms with E-state index in [4.69, 9.17) is 9.52 Å². The largest absolute Gasteiger partial charge is 0.475 e. The summed E-state index contributed by atoms with van der Waals surface area (Å²) in [7, 11) is 0. The van der Waals surface area contributed by atoms with Crippen molar-refractivity contribution in [2.24, 2.45) is 11.8 Å². The van der Waals surface area contributed by atoms with Crippen LogP contribution in [-0.2, 0) is 16.1 Å². The Morgan fingerprint density at radius 2 is 1.80 bits per heavy atom. The van der Waals surface area contributed by atoms with Gasteiger partial charge in [-0.2, -0.15) is 0 Å². The van der Waals surface area contributed by atoms with Gasteiger partial charge in [-0.05, 0) is 25.0 Å². The van der Waals surface area contributed by atoms with Crippen LogP contribution in [0.1, 0.15) is 42.0 Å². The topological polar surface area (TPSA) is 87.8 Å². The molecule has 20 heavy (non-hydrogen) atoms. The molecular weight excluding hydrogens is 262 g/mol. The molecule has 0 aromatic carbocycles. The second-order valence-electron chi connectivity index (χ2n) is 5.33. The normalized spacial score (nSPS) is 25.9. The van der Waals surface area contributed by atoms with E-state index in [0.717, 1.165) is 25.7 Å². The number of hydrogen-bond donors (Lipinski definition) is 1. The lowest BCUT2D eigenvalue weighted by molar-refractivity contribution is -0.140. The van der Waals surface area contributed by atoms with Crippen molar-refractivity contribution < 1.29 is 23.9 Å². The summed E-state index contributed by atoms with van der Waals surface area (Å²) in [6.45, 7) is 0.0257. The van der Waals surface area contributed by atoms with Crippen molar-refractivity contribution in [3.63, 3.8) is 0 Å². The van der Waals surface area contributed by atoms with Gasteiger partial charge >= 0.3 is 5.97 Å². The fourth-order valence-electron chi connectivity index (χ4n) is 3.12. The van der Waals surface area contributed by atoms with Crippen LogP contribution in [0.3, 0.4) is 0 Å². The van der Waals surface area contributed by atoms with Gasteiger partial charge in [0.1, 0.15) is 5.76 Å². The van der Waals surface area contributed by atoms with Crippen LogP contribution in [0.5, 0.6) is 0 Å². The molecule has 1 saturated heterocycles. The van der Waals surface area contributed by atoms with Crippen LogP contribution in [-0.4, -0.2) is 27.8 Å². The Kier molecular flexibility index (Phi) is 3.08. The second kappa shape index (κ2) is 4.77. The molecule has 3 rings (SSSR count). The zero-order valence-electron chi connectivity index (χ0n) is 10.9. The fraction of sp³-hybridized carbons (Fsp3) is 0.500. The predicted octanol–water partition coefficient (Wildman–Crippen LogP) is 1.65. The number of imide groups is 1. The molecule has 106 valence electrons. The maximum Gasteiger partial charge on any atom is 0.371 e. The first-order valence-electron chi connectivity index (χ1n) is 6.75. The van der Waals surface area contributed by atoms with Gasteiger partial charge in [-0.1, -0.05) is 12.8 Å². The maximum absolute atomic E-state index is 12.2. The molecule has 1 aromatic rings. The third-order valence-electron chi connectivity index (χ3n) is 4.12. The maximum atomic E-state index is 12.2. The Bertz CT molecular complexity index is 552. The van der Waals surface area contributed by atoms with Gasteiger partial charge in [0.05, 0.1) is 18.4 Å². The number of carbonyl (C=O) groups is 3. The molecular formula is C14H15NO5. The van der Waals surface area contributed by atoms with Gasteiger partial charge in [0.2, 0.25) is 17.6 Å². The highest BCUT2D eigenvalue weighted by molar-refractivity contribution is 6.05. The molecule has 2 fully saturated rings. The molecule has 6 heteroatoms. The lowest BCUT2D eigenvalue weighted by atomic mass is 9.81. The lowest BCUT2D eigenvalue weighted by Gasteiger charge is -2.19. The summed E-state index contributed by atoms with van der Waals surface area (Å²) in [6, 6.07) is 2.82. The van der Waals surface area contributed by atoms with E-state index in [1.165, 1.54) is 17.0 Å². The summed E-state index contributed by atoms with van der Waals surface area (Å²) in [6.07, 6.45) is 3.50.